The van der Waals surface area contributed by atoms with E-state index >= 15 is 0 Å². The van der Waals surface area contributed by atoms with Gasteiger partial charge in [0.05, 0.1) is 0 Å². The van der Waals surface area contributed by atoms with Crippen molar-refractivity contribution in [3.05, 3.63) is 16.5 Å². The molecule has 2 rings (SSSR count). The molecule has 12 heavy (non-hydrogen) atoms. The first-order valence-electron chi connectivity index (χ1n) is 4.34. The van der Waals surface area contributed by atoms with Gasteiger partial charge in [-0.1, -0.05) is 0 Å². The standard InChI is InChI=1S/C9H13NOS/c10-4-5-11-9-6-7-2-1-3-8(7)12-9/h6H,1-5,10H2. The summed E-state index contributed by atoms with van der Waals surface area (Å²) in [5.41, 5.74) is 6.84. The van der Waals surface area contributed by atoms with Crippen LogP contribution in [-0.2, 0) is 12.8 Å². The SMILES string of the molecule is NCCOc1cc2c(s1)CCC2. The second-order valence-corrected chi connectivity index (χ2v) is 4.10. The molecule has 0 saturated carbocycles. The monoisotopic (exact) mass is 183 g/mol. The van der Waals surface area contributed by atoms with Crippen LogP contribution in [0.25, 0.3) is 0 Å². The molecular weight excluding hydrogens is 170 g/mol. The zero-order chi connectivity index (χ0) is 8.39. The summed E-state index contributed by atoms with van der Waals surface area (Å²) < 4.78 is 5.45. The molecule has 0 saturated heterocycles. The number of nitrogens with two attached hydrogens (primary N) is 1. The second-order valence-electron chi connectivity index (χ2n) is 3.00. The lowest BCUT2D eigenvalue weighted by Gasteiger charge is -1.98. The minimum absolute atomic E-state index is 0.600. The third kappa shape index (κ3) is 1.47. The Labute approximate surface area is 76.3 Å². The molecule has 0 aliphatic heterocycles. The summed E-state index contributed by atoms with van der Waals surface area (Å²) in [5.74, 6) is 0. The molecule has 3 heteroatoms. The fraction of sp³-hybridized carbons (Fsp3) is 0.556. The maximum atomic E-state index is 5.45. The molecule has 1 aliphatic carbocycles. The van der Waals surface area contributed by atoms with Crippen molar-refractivity contribution < 1.29 is 4.74 Å². The fourth-order valence-corrected chi connectivity index (χ4v) is 2.66. The lowest BCUT2D eigenvalue weighted by molar-refractivity contribution is 0.337. The summed E-state index contributed by atoms with van der Waals surface area (Å²) in [6, 6.07) is 2.17. The van der Waals surface area contributed by atoms with E-state index in [9.17, 15) is 0 Å². The molecule has 2 N–H and O–H groups in total. The van der Waals surface area contributed by atoms with Gasteiger partial charge in [-0.2, -0.15) is 0 Å². The van der Waals surface area contributed by atoms with Crippen LogP contribution in [0, 0.1) is 0 Å². The number of thiophene rings is 1. The minimum Gasteiger partial charge on any atom is -0.483 e. The van der Waals surface area contributed by atoms with Crippen LogP contribution in [0.15, 0.2) is 6.07 Å². The van der Waals surface area contributed by atoms with Gasteiger partial charge >= 0.3 is 0 Å². The van der Waals surface area contributed by atoms with Crippen molar-refractivity contribution >= 4 is 11.3 Å². The Morgan fingerprint density at radius 1 is 1.50 bits per heavy atom. The maximum Gasteiger partial charge on any atom is 0.174 e. The first-order valence-corrected chi connectivity index (χ1v) is 5.16. The summed E-state index contributed by atoms with van der Waals surface area (Å²) >= 11 is 1.78. The van der Waals surface area contributed by atoms with Gasteiger partial charge in [0.25, 0.3) is 0 Å². The number of hydrogen-bond acceptors (Lipinski definition) is 3. The summed E-state index contributed by atoms with van der Waals surface area (Å²) in [7, 11) is 0. The summed E-state index contributed by atoms with van der Waals surface area (Å²) in [4.78, 5) is 1.52. The summed E-state index contributed by atoms with van der Waals surface area (Å²) in [5, 5.41) is 1.05. The van der Waals surface area contributed by atoms with Crippen LogP contribution >= 0.6 is 11.3 Å². The molecule has 0 bridgehead atoms. The van der Waals surface area contributed by atoms with E-state index in [-0.39, 0.29) is 0 Å². The first kappa shape index (κ1) is 8.08. The first-order chi connectivity index (χ1) is 5.90. The van der Waals surface area contributed by atoms with Crippen molar-refractivity contribution in [2.75, 3.05) is 13.2 Å². The van der Waals surface area contributed by atoms with Crippen molar-refractivity contribution in [1.82, 2.24) is 0 Å². The fourth-order valence-electron chi connectivity index (χ4n) is 1.53. The van der Waals surface area contributed by atoms with Crippen LogP contribution < -0.4 is 10.5 Å². The van der Waals surface area contributed by atoms with E-state index in [0.717, 1.165) is 5.06 Å². The summed E-state index contributed by atoms with van der Waals surface area (Å²) in [6.07, 6.45) is 3.79. The molecule has 1 heterocycles. The number of ether oxygens (including phenoxy) is 1. The zero-order valence-corrected chi connectivity index (χ0v) is 7.82. The third-order valence-electron chi connectivity index (χ3n) is 2.09. The molecule has 2 nitrogen and oxygen atoms in total. The smallest absolute Gasteiger partial charge is 0.174 e. The van der Waals surface area contributed by atoms with E-state index < -0.39 is 0 Å². The summed E-state index contributed by atoms with van der Waals surface area (Å²) in [6.45, 7) is 1.24. The molecule has 1 aliphatic rings. The molecule has 66 valence electrons. The van der Waals surface area contributed by atoms with Crippen molar-refractivity contribution in [3.8, 4) is 5.06 Å². The van der Waals surface area contributed by atoms with Crippen molar-refractivity contribution in [1.29, 1.82) is 0 Å². The highest BCUT2D eigenvalue weighted by Gasteiger charge is 2.14. The van der Waals surface area contributed by atoms with Gasteiger partial charge in [0.2, 0.25) is 0 Å². The van der Waals surface area contributed by atoms with Crippen LogP contribution in [0.4, 0.5) is 0 Å². The van der Waals surface area contributed by atoms with Crippen molar-refractivity contribution in [3.63, 3.8) is 0 Å². The molecule has 1 aromatic heterocycles. The Hall–Kier alpha value is -0.540. The molecule has 0 amide bonds. The molecule has 0 radical (unpaired) electrons. The predicted octanol–water partition coefficient (Wildman–Crippen LogP) is 1.57. The number of rotatable bonds is 3. The average Bonchev–Trinajstić information content (AvgIpc) is 2.58. The number of aryl methyl sites for hydroxylation is 2. The van der Waals surface area contributed by atoms with Crippen LogP contribution in [0.1, 0.15) is 16.9 Å². The molecule has 0 spiro atoms. The van der Waals surface area contributed by atoms with Crippen LogP contribution in [-0.4, -0.2) is 13.2 Å². The van der Waals surface area contributed by atoms with Gasteiger partial charge in [0.15, 0.2) is 5.06 Å². The van der Waals surface area contributed by atoms with Gasteiger partial charge in [0, 0.05) is 11.4 Å². The maximum absolute atomic E-state index is 5.45. The molecule has 1 aromatic rings. The van der Waals surface area contributed by atoms with Crippen LogP contribution in [0.3, 0.4) is 0 Å². The van der Waals surface area contributed by atoms with Gasteiger partial charge in [-0.05, 0) is 30.9 Å². The molecule has 0 fully saturated rings. The number of hydrogen-bond donors (Lipinski definition) is 1. The highest BCUT2D eigenvalue weighted by Crippen LogP contribution is 2.35. The van der Waals surface area contributed by atoms with Crippen molar-refractivity contribution in [2.24, 2.45) is 5.73 Å². The van der Waals surface area contributed by atoms with Crippen LogP contribution in [0.5, 0.6) is 5.06 Å². The molecule has 0 aromatic carbocycles. The highest BCUT2D eigenvalue weighted by molar-refractivity contribution is 7.14. The Kier molecular flexibility index (Phi) is 2.33. The van der Waals surface area contributed by atoms with Gasteiger partial charge in [-0.15, -0.1) is 11.3 Å². The van der Waals surface area contributed by atoms with E-state index in [2.05, 4.69) is 6.07 Å². The Bertz CT molecular complexity index is 248. The van der Waals surface area contributed by atoms with Crippen LogP contribution in [0.2, 0.25) is 0 Å². The van der Waals surface area contributed by atoms with Gasteiger partial charge in [0.1, 0.15) is 6.61 Å². The van der Waals surface area contributed by atoms with E-state index in [1.165, 1.54) is 29.7 Å². The molecule has 0 unspecified atom stereocenters. The van der Waals surface area contributed by atoms with E-state index in [4.69, 9.17) is 10.5 Å². The topological polar surface area (TPSA) is 35.2 Å². The quantitative estimate of drug-likeness (QED) is 0.772. The lowest BCUT2D eigenvalue weighted by atomic mass is 10.3. The van der Waals surface area contributed by atoms with Crippen molar-refractivity contribution in [2.45, 2.75) is 19.3 Å². The Balaban J connectivity index is 2.05. The normalized spacial score (nSPS) is 14.8. The lowest BCUT2D eigenvalue weighted by Crippen LogP contribution is -2.09. The van der Waals surface area contributed by atoms with Gasteiger partial charge < -0.3 is 10.5 Å². The minimum atomic E-state index is 0.600. The molecule has 0 atom stereocenters. The average molecular weight is 183 g/mol. The molecular formula is C9H13NOS. The highest BCUT2D eigenvalue weighted by atomic mass is 32.1. The van der Waals surface area contributed by atoms with Gasteiger partial charge in [-0.3, -0.25) is 0 Å². The largest absolute Gasteiger partial charge is 0.483 e. The van der Waals surface area contributed by atoms with E-state index in [1.807, 2.05) is 0 Å². The second kappa shape index (κ2) is 3.46. The van der Waals surface area contributed by atoms with E-state index in [0.29, 0.717) is 13.2 Å². The third-order valence-corrected chi connectivity index (χ3v) is 3.24. The Morgan fingerprint density at radius 3 is 3.17 bits per heavy atom. The number of fused-ring (bicyclic) bond motifs is 1. The Morgan fingerprint density at radius 2 is 2.42 bits per heavy atom. The zero-order valence-electron chi connectivity index (χ0n) is 7.01. The van der Waals surface area contributed by atoms with Gasteiger partial charge in [-0.25, -0.2) is 0 Å². The van der Waals surface area contributed by atoms with E-state index in [1.54, 1.807) is 11.3 Å². The predicted molar refractivity (Wildman–Crippen MR) is 50.9 cm³/mol.